The predicted molar refractivity (Wildman–Crippen MR) is 64.8 cm³/mol. The minimum atomic E-state index is -1.06. The van der Waals surface area contributed by atoms with Gasteiger partial charge in [0, 0.05) is 0 Å². The molecule has 2 rings (SSSR count). The first-order valence-corrected chi connectivity index (χ1v) is 5.20. The summed E-state index contributed by atoms with van der Waals surface area (Å²) in [5.74, 6) is -1.09. The zero-order valence-corrected chi connectivity index (χ0v) is 10.5. The largest absolute Gasteiger partial charge is 1.00 e. The molecule has 1 N–H and O–H groups in total. The summed E-state index contributed by atoms with van der Waals surface area (Å²) < 4.78 is 17.1. The second-order valence-electron chi connectivity index (χ2n) is 3.21. The van der Waals surface area contributed by atoms with Crippen molar-refractivity contribution in [2.75, 3.05) is 6.61 Å². The molecule has 0 fully saturated rings. The quantitative estimate of drug-likeness (QED) is 0.608. The van der Waals surface area contributed by atoms with Crippen molar-refractivity contribution in [2.24, 2.45) is 0 Å². The third-order valence-corrected chi connectivity index (χ3v) is 1.78. The van der Waals surface area contributed by atoms with Crippen LogP contribution in [0.15, 0.2) is 54.6 Å². The number of carboxylic acids is 1. The molecule has 3 nitrogen and oxygen atoms in total. The van der Waals surface area contributed by atoms with Gasteiger partial charge in [0.2, 0.25) is 0 Å². The molecule has 0 saturated heterocycles. The van der Waals surface area contributed by atoms with Gasteiger partial charge in [-0.2, -0.15) is 36.4 Å². The number of benzene rings is 2. The van der Waals surface area contributed by atoms with Crippen LogP contribution >= 0.6 is 0 Å². The van der Waals surface area contributed by atoms with Gasteiger partial charge in [-0.05, 0) is 24.3 Å². The smallest absolute Gasteiger partial charge is 0.482 e. The van der Waals surface area contributed by atoms with Crippen molar-refractivity contribution in [1.82, 2.24) is 0 Å². The third-order valence-electron chi connectivity index (χ3n) is 1.78. The molecule has 5 heteroatoms. The average molecular weight is 254 g/mol. The Morgan fingerprint density at radius 2 is 1.74 bits per heavy atom. The normalized spacial score (nSPS) is 8.47. The predicted octanol–water partition coefficient (Wildman–Crippen LogP) is -0.220. The fraction of sp³-hybridized carbons (Fsp3) is 0.0714. The summed E-state index contributed by atoms with van der Waals surface area (Å²) in [4.78, 5) is 10.0. The van der Waals surface area contributed by atoms with Gasteiger partial charge in [0.25, 0.3) is 0 Å². The molecule has 19 heavy (non-hydrogen) atoms. The number of hydrogen-bond acceptors (Lipinski definition) is 2. The summed E-state index contributed by atoms with van der Waals surface area (Å²) in [7, 11) is 0. The van der Waals surface area contributed by atoms with E-state index in [1.54, 1.807) is 0 Å². The Bertz CT molecular complexity index is 433. The standard InChI is InChI=1S/C8H7FO3.C6H5.Li/c9-6-1-3-7(4-2-6)12-5-8(10)11;1-2-4-6-5-3-1;/h1-4H,5H2,(H,10,11);1-5H;/q;-1;+1. The van der Waals surface area contributed by atoms with Crippen LogP contribution in [0.1, 0.15) is 0 Å². The molecule has 94 valence electrons. The Hall–Kier alpha value is -1.76. The molecule has 0 spiro atoms. The second kappa shape index (κ2) is 10.2. The first kappa shape index (κ1) is 17.2. The molecule has 0 aromatic heterocycles. The number of halogens is 1. The molecular weight excluding hydrogens is 242 g/mol. The summed E-state index contributed by atoms with van der Waals surface area (Å²) in [6.07, 6.45) is 0. The first-order chi connectivity index (χ1) is 8.68. The second-order valence-corrected chi connectivity index (χ2v) is 3.21. The Morgan fingerprint density at radius 1 is 1.16 bits per heavy atom. The van der Waals surface area contributed by atoms with E-state index in [2.05, 4.69) is 6.07 Å². The maximum Gasteiger partial charge on any atom is 1.00 e. The fourth-order valence-electron chi connectivity index (χ4n) is 1.02. The van der Waals surface area contributed by atoms with Crippen LogP contribution in [0, 0.1) is 11.9 Å². The number of carboxylic acid groups (broad SMARTS) is 1. The topological polar surface area (TPSA) is 46.5 Å². The van der Waals surface area contributed by atoms with Crippen LogP contribution < -0.4 is 23.6 Å². The van der Waals surface area contributed by atoms with E-state index in [9.17, 15) is 9.18 Å². The van der Waals surface area contributed by atoms with Gasteiger partial charge in [0.05, 0.1) is 0 Å². The molecule has 0 unspecified atom stereocenters. The SMILES string of the molecule is O=C(O)COc1ccc(F)cc1.[Li+].[c-]1ccccc1. The van der Waals surface area contributed by atoms with Gasteiger partial charge in [-0.25, -0.2) is 9.18 Å². The molecule has 0 amide bonds. The minimum Gasteiger partial charge on any atom is -0.482 e. The van der Waals surface area contributed by atoms with Gasteiger partial charge in [0.1, 0.15) is 11.6 Å². The van der Waals surface area contributed by atoms with E-state index in [1.807, 2.05) is 30.3 Å². The van der Waals surface area contributed by atoms with Crippen molar-refractivity contribution >= 4 is 5.97 Å². The molecule has 0 aliphatic carbocycles. The van der Waals surface area contributed by atoms with Crippen LogP contribution in [0.5, 0.6) is 5.75 Å². The van der Waals surface area contributed by atoms with Crippen molar-refractivity contribution in [3.63, 3.8) is 0 Å². The van der Waals surface area contributed by atoms with Crippen molar-refractivity contribution < 1.29 is 37.9 Å². The molecule has 0 aliphatic rings. The van der Waals surface area contributed by atoms with E-state index in [4.69, 9.17) is 9.84 Å². The molecule has 0 heterocycles. The monoisotopic (exact) mass is 254 g/mol. The fourth-order valence-corrected chi connectivity index (χ4v) is 1.02. The average Bonchev–Trinajstić information content (AvgIpc) is 2.41. The Kier molecular flexibility index (Phi) is 9.24. The van der Waals surface area contributed by atoms with E-state index in [1.165, 1.54) is 24.3 Å². The van der Waals surface area contributed by atoms with Crippen molar-refractivity contribution in [3.8, 4) is 5.75 Å². The summed E-state index contributed by atoms with van der Waals surface area (Å²) in [5.41, 5.74) is 0. The van der Waals surface area contributed by atoms with Gasteiger partial charge in [-0.3, -0.25) is 0 Å². The molecule has 2 aromatic carbocycles. The zero-order valence-electron chi connectivity index (χ0n) is 10.5. The van der Waals surface area contributed by atoms with Crippen molar-refractivity contribution in [3.05, 3.63) is 66.5 Å². The van der Waals surface area contributed by atoms with Gasteiger partial charge in [-0.15, -0.1) is 0 Å². The van der Waals surface area contributed by atoms with Crippen molar-refractivity contribution in [2.45, 2.75) is 0 Å². The van der Waals surface area contributed by atoms with E-state index in [0.29, 0.717) is 5.75 Å². The zero-order chi connectivity index (χ0) is 13.2. The molecule has 0 aliphatic heterocycles. The van der Waals surface area contributed by atoms with Crippen LogP contribution in [0.25, 0.3) is 0 Å². The van der Waals surface area contributed by atoms with Crippen LogP contribution in [-0.2, 0) is 4.79 Å². The number of carbonyl (C=O) groups is 1. The Balaban J connectivity index is 0.000000392. The Morgan fingerprint density at radius 3 is 2.11 bits per heavy atom. The number of hydrogen-bond donors (Lipinski definition) is 1. The van der Waals surface area contributed by atoms with Crippen LogP contribution in [0.2, 0.25) is 0 Å². The maximum atomic E-state index is 12.3. The summed E-state index contributed by atoms with van der Waals surface area (Å²) >= 11 is 0. The van der Waals surface area contributed by atoms with E-state index >= 15 is 0 Å². The van der Waals surface area contributed by atoms with Gasteiger partial charge in [0.15, 0.2) is 6.61 Å². The first-order valence-electron chi connectivity index (χ1n) is 5.20. The van der Waals surface area contributed by atoms with Crippen LogP contribution in [0.3, 0.4) is 0 Å². The molecule has 0 bridgehead atoms. The number of aliphatic carboxylic acids is 1. The molecule has 2 aromatic rings. The number of rotatable bonds is 3. The van der Waals surface area contributed by atoms with Gasteiger partial charge < -0.3 is 9.84 Å². The van der Waals surface area contributed by atoms with Crippen LogP contribution in [0.4, 0.5) is 4.39 Å². The van der Waals surface area contributed by atoms with Crippen LogP contribution in [-0.4, -0.2) is 17.7 Å². The number of ether oxygens (including phenoxy) is 1. The molecule has 0 radical (unpaired) electrons. The van der Waals surface area contributed by atoms with E-state index < -0.39 is 12.6 Å². The summed E-state index contributed by atoms with van der Waals surface area (Å²) in [5, 5.41) is 8.23. The summed E-state index contributed by atoms with van der Waals surface area (Å²) in [6, 6.07) is 17.7. The van der Waals surface area contributed by atoms with Gasteiger partial charge >= 0.3 is 24.8 Å². The minimum absolute atomic E-state index is 0. The van der Waals surface area contributed by atoms with Crippen molar-refractivity contribution in [1.29, 1.82) is 0 Å². The molecule has 0 saturated carbocycles. The van der Waals surface area contributed by atoms with Gasteiger partial charge in [-0.1, -0.05) is 0 Å². The van der Waals surface area contributed by atoms with E-state index in [0.717, 1.165) is 0 Å². The maximum absolute atomic E-state index is 12.3. The molecule has 0 atom stereocenters. The Labute approximate surface area is 123 Å². The third kappa shape index (κ3) is 8.89. The summed E-state index contributed by atoms with van der Waals surface area (Å²) in [6.45, 7) is -0.411. The molecular formula is C14H12FLiO3. The van der Waals surface area contributed by atoms with E-state index in [-0.39, 0.29) is 24.7 Å².